The Morgan fingerprint density at radius 1 is 0.925 bits per heavy atom. The highest BCUT2D eigenvalue weighted by molar-refractivity contribution is 5.94. The van der Waals surface area contributed by atoms with Crippen LogP contribution in [0.1, 0.15) is 67.9 Å². The van der Waals surface area contributed by atoms with E-state index in [-0.39, 0.29) is 23.8 Å². The Morgan fingerprint density at radius 2 is 1.55 bits per heavy atom. The molecule has 1 aliphatic rings. The van der Waals surface area contributed by atoms with Crippen LogP contribution < -0.4 is 10.6 Å². The lowest BCUT2D eigenvalue weighted by Crippen LogP contribution is -2.47. The zero-order valence-corrected chi connectivity index (χ0v) is 24.6. The topological polar surface area (TPSA) is 74.3 Å². The number of nitrogens with one attached hydrogen (secondary N) is 2. The van der Waals surface area contributed by atoms with Crippen LogP contribution in [0.4, 0.5) is 0 Å². The van der Waals surface area contributed by atoms with Crippen molar-refractivity contribution in [1.82, 2.24) is 20.5 Å². The van der Waals surface area contributed by atoms with Crippen LogP contribution in [0.25, 0.3) is 0 Å². The zero-order valence-electron chi connectivity index (χ0n) is 24.6. The summed E-state index contributed by atoms with van der Waals surface area (Å²) in [6.45, 7) is 10.6. The Morgan fingerprint density at radius 3 is 2.12 bits per heavy atom. The standard InChI is InChI=1S/C28H32N4O2.C4H8.C2H6/c33-27(21-32-16-13-26(14-17-32)31-28(34)24-11-5-2-6-12-24)30-20-25(23-9-3-1-4-10-23)18-22-8-7-15-29-19-22;1-3-4-2;1-2/h1-12,15,19,25-26H,13-14,16-18,20-21H2,(H,30,33)(H,31,34);3-4H,1-2H3;1-2H3/b;4-3-;. The largest absolute Gasteiger partial charge is 0.354 e. The Balaban J connectivity index is 0.000000858. The molecule has 6 heteroatoms. The highest BCUT2D eigenvalue weighted by atomic mass is 16.2. The molecule has 2 amide bonds. The number of rotatable bonds is 9. The molecule has 2 N–H and O–H groups in total. The Kier molecular flexibility index (Phi) is 15.7. The number of hydrogen-bond donors (Lipinski definition) is 2. The van der Waals surface area contributed by atoms with Crippen molar-refractivity contribution in [3.05, 3.63) is 114 Å². The van der Waals surface area contributed by atoms with E-state index in [9.17, 15) is 9.59 Å². The molecule has 2 aromatic carbocycles. The molecular formula is C34H46N4O2. The van der Waals surface area contributed by atoms with Crippen LogP contribution in [0.5, 0.6) is 0 Å². The molecule has 1 atom stereocenters. The van der Waals surface area contributed by atoms with E-state index in [0.29, 0.717) is 18.7 Å². The van der Waals surface area contributed by atoms with Crippen molar-refractivity contribution in [2.75, 3.05) is 26.2 Å². The highest BCUT2D eigenvalue weighted by Crippen LogP contribution is 2.20. The minimum atomic E-state index is -0.0302. The van der Waals surface area contributed by atoms with Gasteiger partial charge in [0.1, 0.15) is 0 Å². The summed E-state index contributed by atoms with van der Waals surface area (Å²) in [4.78, 5) is 31.5. The van der Waals surface area contributed by atoms with Gasteiger partial charge < -0.3 is 10.6 Å². The fourth-order valence-electron chi connectivity index (χ4n) is 4.43. The number of allylic oxidation sites excluding steroid dienone is 2. The van der Waals surface area contributed by atoms with Crippen LogP contribution in [0.2, 0.25) is 0 Å². The van der Waals surface area contributed by atoms with Crippen molar-refractivity contribution in [3.63, 3.8) is 0 Å². The van der Waals surface area contributed by atoms with Gasteiger partial charge in [0.05, 0.1) is 6.54 Å². The van der Waals surface area contributed by atoms with Gasteiger partial charge in [0.15, 0.2) is 0 Å². The van der Waals surface area contributed by atoms with Crippen molar-refractivity contribution in [3.8, 4) is 0 Å². The number of carbonyl (C=O) groups excluding carboxylic acids is 2. The summed E-state index contributed by atoms with van der Waals surface area (Å²) in [5.41, 5.74) is 3.05. The molecule has 2 heterocycles. The van der Waals surface area contributed by atoms with Crippen LogP contribution in [-0.4, -0.2) is 53.9 Å². The molecule has 0 radical (unpaired) electrons. The fraction of sp³-hybridized carbons (Fsp3) is 0.382. The second-order valence-corrected chi connectivity index (χ2v) is 9.53. The quantitative estimate of drug-likeness (QED) is 0.324. The molecule has 0 saturated carbocycles. The number of likely N-dealkylation sites (tertiary alicyclic amines) is 1. The summed E-state index contributed by atoms with van der Waals surface area (Å²) in [7, 11) is 0. The van der Waals surface area contributed by atoms with Gasteiger partial charge in [-0.1, -0.05) is 80.6 Å². The molecule has 1 aliphatic heterocycles. The van der Waals surface area contributed by atoms with Crippen LogP contribution >= 0.6 is 0 Å². The van der Waals surface area contributed by atoms with E-state index < -0.39 is 0 Å². The molecule has 3 aromatic rings. The molecule has 1 aromatic heterocycles. The average molecular weight is 543 g/mol. The summed E-state index contributed by atoms with van der Waals surface area (Å²) in [5, 5.41) is 6.26. The smallest absolute Gasteiger partial charge is 0.251 e. The second kappa shape index (κ2) is 19.3. The molecule has 0 aliphatic carbocycles. The second-order valence-electron chi connectivity index (χ2n) is 9.53. The average Bonchev–Trinajstić information content (AvgIpc) is 3.02. The minimum absolute atomic E-state index is 0.0302. The maximum atomic E-state index is 12.7. The van der Waals surface area contributed by atoms with E-state index in [0.717, 1.165) is 37.9 Å². The lowest BCUT2D eigenvalue weighted by molar-refractivity contribution is -0.122. The predicted octanol–water partition coefficient (Wildman–Crippen LogP) is 6.03. The van der Waals surface area contributed by atoms with Gasteiger partial charge in [-0.3, -0.25) is 19.5 Å². The molecule has 4 rings (SSSR count). The van der Waals surface area contributed by atoms with Crippen molar-refractivity contribution in [2.24, 2.45) is 0 Å². The Labute approximate surface area is 240 Å². The predicted molar refractivity (Wildman–Crippen MR) is 165 cm³/mol. The number of aromatic nitrogens is 1. The fourth-order valence-corrected chi connectivity index (χ4v) is 4.43. The van der Waals surface area contributed by atoms with Gasteiger partial charge >= 0.3 is 0 Å². The number of nitrogens with zero attached hydrogens (tertiary/aromatic N) is 2. The third kappa shape index (κ3) is 12.0. The van der Waals surface area contributed by atoms with Gasteiger partial charge in [0.25, 0.3) is 5.91 Å². The summed E-state index contributed by atoms with van der Waals surface area (Å²) in [6.07, 6.45) is 10.2. The van der Waals surface area contributed by atoms with Gasteiger partial charge in [-0.25, -0.2) is 0 Å². The normalized spacial score (nSPS) is 14.2. The third-order valence-corrected chi connectivity index (χ3v) is 6.68. The van der Waals surface area contributed by atoms with Gasteiger partial charge in [-0.2, -0.15) is 0 Å². The Bertz CT molecular complexity index is 1110. The molecular weight excluding hydrogens is 496 g/mol. The molecule has 1 unspecified atom stereocenters. The van der Waals surface area contributed by atoms with Gasteiger partial charge in [-0.05, 0) is 62.4 Å². The lowest BCUT2D eigenvalue weighted by atomic mass is 9.92. The first kappa shape index (κ1) is 32.4. The van der Waals surface area contributed by atoms with Crippen molar-refractivity contribution in [2.45, 2.75) is 58.9 Å². The van der Waals surface area contributed by atoms with Crippen LogP contribution in [0.3, 0.4) is 0 Å². The summed E-state index contributed by atoms with van der Waals surface area (Å²) < 4.78 is 0. The van der Waals surface area contributed by atoms with Crippen LogP contribution in [0.15, 0.2) is 97.3 Å². The highest BCUT2D eigenvalue weighted by Gasteiger charge is 2.23. The number of piperidine rings is 1. The van der Waals surface area contributed by atoms with E-state index in [2.05, 4.69) is 38.7 Å². The van der Waals surface area contributed by atoms with E-state index in [4.69, 9.17) is 0 Å². The van der Waals surface area contributed by atoms with E-state index in [1.807, 2.05) is 101 Å². The van der Waals surface area contributed by atoms with Gasteiger partial charge in [0.2, 0.25) is 5.91 Å². The number of carbonyl (C=O) groups is 2. The summed E-state index contributed by atoms with van der Waals surface area (Å²) in [6, 6.07) is 23.8. The van der Waals surface area contributed by atoms with Crippen molar-refractivity contribution >= 4 is 11.8 Å². The monoisotopic (exact) mass is 542 g/mol. The molecule has 0 bridgehead atoms. The van der Waals surface area contributed by atoms with Gasteiger partial charge in [0, 0.05) is 49.6 Å². The van der Waals surface area contributed by atoms with Crippen molar-refractivity contribution in [1.29, 1.82) is 0 Å². The molecule has 6 nitrogen and oxygen atoms in total. The lowest BCUT2D eigenvalue weighted by Gasteiger charge is -2.32. The van der Waals surface area contributed by atoms with E-state index in [1.165, 1.54) is 5.56 Å². The summed E-state index contributed by atoms with van der Waals surface area (Å²) in [5.74, 6) is 0.199. The number of amides is 2. The molecule has 1 fully saturated rings. The van der Waals surface area contributed by atoms with Crippen LogP contribution in [-0.2, 0) is 11.2 Å². The number of hydrogen-bond acceptors (Lipinski definition) is 4. The molecule has 214 valence electrons. The minimum Gasteiger partial charge on any atom is -0.354 e. The van der Waals surface area contributed by atoms with Gasteiger partial charge in [-0.15, -0.1) is 0 Å². The maximum Gasteiger partial charge on any atom is 0.251 e. The first-order valence-corrected chi connectivity index (χ1v) is 14.4. The first-order valence-electron chi connectivity index (χ1n) is 14.4. The number of pyridine rings is 1. The SMILES string of the molecule is C/C=C\C.CC.O=C(CN1CCC(NC(=O)c2ccccc2)CC1)NCC(Cc1cccnc1)c1ccccc1. The molecule has 40 heavy (non-hydrogen) atoms. The van der Waals surface area contributed by atoms with Crippen molar-refractivity contribution < 1.29 is 9.59 Å². The maximum absolute atomic E-state index is 12.7. The third-order valence-electron chi connectivity index (χ3n) is 6.68. The molecule has 1 saturated heterocycles. The van der Waals surface area contributed by atoms with E-state index in [1.54, 1.807) is 6.20 Å². The molecule has 0 spiro atoms. The Hall–Kier alpha value is -3.77. The van der Waals surface area contributed by atoms with E-state index >= 15 is 0 Å². The van der Waals surface area contributed by atoms with Crippen LogP contribution in [0, 0.1) is 0 Å². The summed E-state index contributed by atoms with van der Waals surface area (Å²) >= 11 is 0. The zero-order chi connectivity index (χ0) is 29.0. The number of benzene rings is 2. The first-order chi connectivity index (χ1) is 19.6.